The highest BCUT2D eigenvalue weighted by atomic mass is 16.5. The van der Waals surface area contributed by atoms with Crippen LogP contribution in [0.4, 0.5) is 0 Å². The van der Waals surface area contributed by atoms with Crippen LogP contribution in [0, 0.1) is 0 Å². The van der Waals surface area contributed by atoms with Crippen LogP contribution in [0.25, 0.3) is 10.4 Å². The predicted octanol–water partition coefficient (Wildman–Crippen LogP) is 4.75. The van der Waals surface area contributed by atoms with Crippen LogP contribution in [-0.4, -0.2) is 16.1 Å². The summed E-state index contributed by atoms with van der Waals surface area (Å²) in [6.45, 7) is 0.274. The predicted molar refractivity (Wildman–Crippen MR) is 106 cm³/mol. The van der Waals surface area contributed by atoms with E-state index in [1.807, 2.05) is 60.7 Å². The maximum Gasteiger partial charge on any atom is 0.354 e. The van der Waals surface area contributed by atoms with Crippen molar-refractivity contribution in [2.75, 3.05) is 0 Å². The van der Waals surface area contributed by atoms with E-state index in [4.69, 9.17) is 15.0 Å². The number of aromatic nitrogens is 1. The van der Waals surface area contributed by atoms with Gasteiger partial charge in [-0.2, -0.15) is 0 Å². The molecule has 3 aromatic rings. The molecular weight excluding hydrogens is 372 g/mol. The van der Waals surface area contributed by atoms with Crippen LogP contribution in [0.1, 0.15) is 27.3 Å². The molecule has 0 saturated heterocycles. The maximum atomic E-state index is 11.5. The summed E-state index contributed by atoms with van der Waals surface area (Å²) in [6, 6.07) is 20.2. The van der Waals surface area contributed by atoms with Crippen molar-refractivity contribution in [1.82, 2.24) is 4.98 Å². The molecule has 146 valence electrons. The summed E-state index contributed by atoms with van der Waals surface area (Å²) in [5.74, 6) is -0.742. The highest BCUT2D eigenvalue weighted by Gasteiger charge is 2.19. The lowest BCUT2D eigenvalue weighted by Gasteiger charge is -2.16. The Morgan fingerprint density at radius 2 is 1.59 bits per heavy atom. The summed E-state index contributed by atoms with van der Waals surface area (Å²) < 4.78 is 11.8. The number of aromatic carboxylic acids is 1. The van der Waals surface area contributed by atoms with Crippen molar-refractivity contribution in [3.8, 4) is 11.5 Å². The van der Waals surface area contributed by atoms with Gasteiger partial charge in [0.1, 0.15) is 13.2 Å². The number of ether oxygens (including phenoxy) is 2. The first-order valence-corrected chi connectivity index (χ1v) is 8.79. The van der Waals surface area contributed by atoms with Crippen molar-refractivity contribution in [2.45, 2.75) is 19.8 Å². The molecule has 1 heterocycles. The van der Waals surface area contributed by atoms with Crippen molar-refractivity contribution in [2.24, 2.45) is 5.11 Å². The fourth-order valence-electron chi connectivity index (χ4n) is 2.60. The second-order valence-electron chi connectivity index (χ2n) is 6.02. The number of benzene rings is 2. The average Bonchev–Trinajstić information content (AvgIpc) is 2.76. The minimum atomic E-state index is -1.22. The van der Waals surface area contributed by atoms with Crippen molar-refractivity contribution < 1.29 is 19.4 Å². The van der Waals surface area contributed by atoms with Crippen molar-refractivity contribution in [1.29, 1.82) is 0 Å². The Kier molecular flexibility index (Phi) is 6.65. The Bertz CT molecular complexity index is 1020. The maximum absolute atomic E-state index is 11.5. The number of carboxylic acids is 1. The average molecular weight is 390 g/mol. The number of nitrogens with zero attached hydrogens (tertiary/aromatic N) is 4. The van der Waals surface area contributed by atoms with Gasteiger partial charge in [0, 0.05) is 11.0 Å². The third kappa shape index (κ3) is 5.47. The number of carboxylic acid groups (broad SMARTS) is 1. The third-order valence-corrected chi connectivity index (χ3v) is 3.98. The zero-order valence-electron chi connectivity index (χ0n) is 15.4. The molecule has 1 aromatic heterocycles. The van der Waals surface area contributed by atoms with Gasteiger partial charge in [0.25, 0.3) is 0 Å². The molecule has 29 heavy (non-hydrogen) atoms. The molecule has 0 aliphatic carbocycles. The standard InChI is InChI=1S/C21H18N4O4/c22-25-23-12-18-20(29-14-16-9-5-2-6-10-16)19(11-17(24-18)21(26)27)28-13-15-7-3-1-4-8-15/h1-11H,12-14H2,(H,26,27). The van der Waals surface area contributed by atoms with Gasteiger partial charge in [-0.3, -0.25) is 0 Å². The zero-order chi connectivity index (χ0) is 20.5. The topological polar surface area (TPSA) is 117 Å². The number of rotatable bonds is 9. The summed E-state index contributed by atoms with van der Waals surface area (Å²) in [5, 5.41) is 12.9. The largest absolute Gasteiger partial charge is 0.485 e. The highest BCUT2D eigenvalue weighted by Crippen LogP contribution is 2.33. The molecule has 0 radical (unpaired) electrons. The van der Waals surface area contributed by atoms with E-state index in [1.165, 1.54) is 6.07 Å². The Morgan fingerprint density at radius 1 is 1.00 bits per heavy atom. The minimum absolute atomic E-state index is 0.163. The first kappa shape index (κ1) is 19.7. The Hall–Kier alpha value is -4.03. The van der Waals surface area contributed by atoms with Gasteiger partial charge in [0.2, 0.25) is 0 Å². The van der Waals surface area contributed by atoms with Crippen molar-refractivity contribution >= 4 is 5.97 Å². The van der Waals surface area contributed by atoms with Gasteiger partial charge in [0.05, 0.1) is 12.2 Å². The SMILES string of the molecule is [N-]=[N+]=NCc1nc(C(=O)O)cc(OCc2ccccc2)c1OCc1ccccc1. The molecule has 0 fully saturated rings. The van der Waals surface area contributed by atoms with Crippen LogP contribution in [-0.2, 0) is 19.8 Å². The van der Waals surface area contributed by atoms with E-state index < -0.39 is 5.97 Å². The summed E-state index contributed by atoms with van der Waals surface area (Å²) in [6.07, 6.45) is 0. The molecule has 8 heteroatoms. The minimum Gasteiger partial charge on any atom is -0.485 e. The highest BCUT2D eigenvalue weighted by molar-refractivity contribution is 5.86. The van der Waals surface area contributed by atoms with Crippen molar-refractivity contribution in [3.05, 3.63) is 99.7 Å². The molecule has 0 saturated carbocycles. The van der Waals surface area contributed by atoms with Gasteiger partial charge in [-0.1, -0.05) is 65.8 Å². The van der Waals surface area contributed by atoms with Gasteiger partial charge in [-0.15, -0.1) is 0 Å². The molecule has 0 spiro atoms. The number of hydrogen-bond acceptors (Lipinski definition) is 5. The van der Waals surface area contributed by atoms with Crippen molar-refractivity contribution in [3.63, 3.8) is 0 Å². The van der Waals surface area contributed by atoms with Crippen LogP contribution < -0.4 is 9.47 Å². The lowest BCUT2D eigenvalue weighted by Crippen LogP contribution is -2.09. The van der Waals surface area contributed by atoms with E-state index in [-0.39, 0.29) is 42.6 Å². The van der Waals surface area contributed by atoms with Gasteiger partial charge in [-0.25, -0.2) is 9.78 Å². The number of carbonyl (C=O) groups is 1. The first-order valence-electron chi connectivity index (χ1n) is 8.79. The Morgan fingerprint density at radius 3 is 2.14 bits per heavy atom. The number of azide groups is 1. The van der Waals surface area contributed by atoms with E-state index >= 15 is 0 Å². The fraction of sp³-hybridized carbons (Fsp3) is 0.143. The lowest BCUT2D eigenvalue weighted by molar-refractivity contribution is 0.0689. The second kappa shape index (κ2) is 9.77. The second-order valence-corrected chi connectivity index (χ2v) is 6.02. The molecule has 0 atom stereocenters. The summed E-state index contributed by atoms with van der Waals surface area (Å²) in [7, 11) is 0. The molecule has 0 aliphatic heterocycles. The van der Waals surface area contributed by atoms with Crippen LogP contribution >= 0.6 is 0 Å². The third-order valence-electron chi connectivity index (χ3n) is 3.98. The van der Waals surface area contributed by atoms with Crippen LogP contribution in [0.2, 0.25) is 0 Å². The normalized spacial score (nSPS) is 10.1. The molecule has 3 rings (SSSR count). The quantitative estimate of drug-likeness (QED) is 0.321. The monoisotopic (exact) mass is 390 g/mol. The molecule has 2 aromatic carbocycles. The van der Waals surface area contributed by atoms with E-state index in [1.54, 1.807) is 0 Å². The number of pyridine rings is 1. The fourth-order valence-corrected chi connectivity index (χ4v) is 2.60. The molecule has 0 unspecified atom stereocenters. The van der Waals surface area contributed by atoms with E-state index in [9.17, 15) is 9.90 Å². The van der Waals surface area contributed by atoms with E-state index in [0.717, 1.165) is 11.1 Å². The van der Waals surface area contributed by atoms with Gasteiger partial charge >= 0.3 is 5.97 Å². The molecule has 0 aliphatic rings. The van der Waals surface area contributed by atoms with Gasteiger partial charge in [0.15, 0.2) is 17.2 Å². The zero-order valence-corrected chi connectivity index (χ0v) is 15.4. The smallest absolute Gasteiger partial charge is 0.354 e. The van der Waals surface area contributed by atoms with Gasteiger partial charge < -0.3 is 14.6 Å². The summed E-state index contributed by atoms with van der Waals surface area (Å²) in [4.78, 5) is 18.3. The summed E-state index contributed by atoms with van der Waals surface area (Å²) in [5.41, 5.74) is 10.5. The molecule has 1 N–H and O–H groups in total. The molecule has 0 bridgehead atoms. The van der Waals surface area contributed by atoms with Crippen LogP contribution in [0.5, 0.6) is 11.5 Å². The number of hydrogen-bond donors (Lipinski definition) is 1. The summed E-state index contributed by atoms with van der Waals surface area (Å²) >= 11 is 0. The van der Waals surface area contributed by atoms with Crippen LogP contribution in [0.3, 0.4) is 0 Å². The Balaban J connectivity index is 1.95. The van der Waals surface area contributed by atoms with Gasteiger partial charge in [-0.05, 0) is 16.7 Å². The Labute approximate surface area is 167 Å². The molecule has 8 nitrogen and oxygen atoms in total. The lowest BCUT2D eigenvalue weighted by atomic mass is 10.2. The molecule has 0 amide bonds. The van der Waals surface area contributed by atoms with E-state index in [2.05, 4.69) is 15.0 Å². The molecular formula is C21H18N4O4. The van der Waals surface area contributed by atoms with Crippen LogP contribution in [0.15, 0.2) is 71.8 Å². The van der Waals surface area contributed by atoms with E-state index in [0.29, 0.717) is 0 Å². The first-order chi connectivity index (χ1) is 14.2.